The molecule has 0 N–H and O–H groups in total. The first-order valence-electron chi connectivity index (χ1n) is 5.09. The Kier molecular flexibility index (Phi) is 4.43. The van der Waals surface area contributed by atoms with E-state index >= 15 is 0 Å². The van der Waals surface area contributed by atoms with Gasteiger partial charge in [0.05, 0.1) is 0 Å². The Bertz CT molecular complexity index is 395. The first kappa shape index (κ1) is 14.7. The molecule has 0 spiro atoms. The molecule has 1 aromatic rings. The Morgan fingerprint density at radius 3 is 2.18 bits per heavy atom. The van der Waals surface area contributed by atoms with Crippen LogP contribution in [0.3, 0.4) is 0 Å². The molecule has 96 valence electrons. The number of hydrogen-bond acceptors (Lipinski definition) is 1. The molecule has 1 nitrogen and oxygen atoms in total. The number of hydrogen-bond donors (Lipinski definition) is 0. The minimum Gasteiger partial charge on any atom is -0.379 e. The summed E-state index contributed by atoms with van der Waals surface area (Å²) in [6.07, 6.45) is -3.23. The van der Waals surface area contributed by atoms with Crippen molar-refractivity contribution in [2.45, 2.75) is 31.9 Å². The Hall–Kier alpha value is -0.333. The first-order chi connectivity index (χ1) is 7.67. The summed E-state index contributed by atoms with van der Waals surface area (Å²) in [5, 5.41) is 0. The third-order valence-corrected chi connectivity index (χ3v) is 3.58. The smallest absolute Gasteiger partial charge is 0.299 e. The molecule has 0 aromatic heterocycles. The lowest BCUT2D eigenvalue weighted by molar-refractivity contribution is -0.180. The van der Waals surface area contributed by atoms with Crippen molar-refractivity contribution < 1.29 is 17.6 Å². The summed E-state index contributed by atoms with van der Waals surface area (Å²) in [4.78, 5) is 0. The van der Waals surface area contributed by atoms with Gasteiger partial charge in [-0.2, -0.15) is 0 Å². The highest BCUT2D eigenvalue weighted by Crippen LogP contribution is 2.40. The summed E-state index contributed by atoms with van der Waals surface area (Å²) in [5.74, 6) is -3.05. The summed E-state index contributed by atoms with van der Waals surface area (Å²) in [6, 6.07) is 5.95. The molecule has 0 saturated heterocycles. The SMILES string of the molecule is C[Si](C)(C)OC(F)(c1ccccc1Br)C(F)F. The van der Waals surface area contributed by atoms with Crippen molar-refractivity contribution >= 4 is 24.2 Å². The molecule has 6 heteroatoms. The van der Waals surface area contributed by atoms with Gasteiger partial charge in [0.2, 0.25) is 0 Å². The van der Waals surface area contributed by atoms with E-state index in [1.165, 1.54) is 18.2 Å². The van der Waals surface area contributed by atoms with Gasteiger partial charge < -0.3 is 4.43 Å². The monoisotopic (exact) mass is 326 g/mol. The van der Waals surface area contributed by atoms with E-state index < -0.39 is 20.6 Å². The molecule has 1 rings (SSSR count). The molecule has 0 fully saturated rings. The van der Waals surface area contributed by atoms with Crippen LogP contribution in [0.1, 0.15) is 5.56 Å². The van der Waals surface area contributed by atoms with Crippen LogP contribution in [-0.2, 0) is 10.3 Å². The van der Waals surface area contributed by atoms with Crippen molar-refractivity contribution in [3.05, 3.63) is 34.3 Å². The van der Waals surface area contributed by atoms with Crippen LogP contribution in [0.5, 0.6) is 0 Å². The van der Waals surface area contributed by atoms with Gasteiger partial charge in [0.1, 0.15) is 0 Å². The molecule has 1 aromatic carbocycles. The van der Waals surface area contributed by atoms with E-state index in [1.54, 1.807) is 25.7 Å². The van der Waals surface area contributed by atoms with Gasteiger partial charge in [-0.1, -0.05) is 34.1 Å². The van der Waals surface area contributed by atoms with Gasteiger partial charge in [0.15, 0.2) is 8.32 Å². The molecule has 17 heavy (non-hydrogen) atoms. The predicted molar refractivity (Wildman–Crippen MR) is 67.4 cm³/mol. The first-order valence-corrected chi connectivity index (χ1v) is 9.29. The van der Waals surface area contributed by atoms with Crippen LogP contribution in [-0.4, -0.2) is 14.7 Å². The van der Waals surface area contributed by atoms with Crippen LogP contribution >= 0.6 is 15.9 Å². The summed E-state index contributed by atoms with van der Waals surface area (Å²) in [5.41, 5.74) is -0.169. The lowest BCUT2D eigenvalue weighted by Crippen LogP contribution is -2.42. The maximum absolute atomic E-state index is 14.4. The largest absolute Gasteiger partial charge is 0.379 e. The third-order valence-electron chi connectivity index (χ3n) is 1.98. The Balaban J connectivity index is 3.22. The molecular weight excluding hydrogens is 313 g/mol. The number of benzene rings is 1. The molecule has 0 aliphatic carbocycles. The van der Waals surface area contributed by atoms with Crippen LogP contribution in [0.25, 0.3) is 0 Å². The summed E-state index contributed by atoms with van der Waals surface area (Å²) in [6.45, 7) is 5.00. The topological polar surface area (TPSA) is 9.23 Å². The normalized spacial score (nSPS) is 16.0. The van der Waals surface area contributed by atoms with E-state index in [-0.39, 0.29) is 10.0 Å². The molecule has 0 radical (unpaired) electrons. The van der Waals surface area contributed by atoms with Gasteiger partial charge in [-0.05, 0) is 25.7 Å². The van der Waals surface area contributed by atoms with Gasteiger partial charge in [-0.15, -0.1) is 0 Å². The summed E-state index contributed by atoms with van der Waals surface area (Å²) in [7, 11) is -2.44. The van der Waals surface area contributed by atoms with Gasteiger partial charge in [0.25, 0.3) is 12.3 Å². The zero-order chi connectivity index (χ0) is 13.3. The van der Waals surface area contributed by atoms with Crippen LogP contribution < -0.4 is 0 Å². The van der Waals surface area contributed by atoms with Crippen LogP contribution in [0.15, 0.2) is 28.7 Å². The summed E-state index contributed by atoms with van der Waals surface area (Å²) >= 11 is 3.07. The highest BCUT2D eigenvalue weighted by atomic mass is 79.9. The second-order valence-electron chi connectivity index (χ2n) is 4.64. The molecule has 0 bridgehead atoms. The highest BCUT2D eigenvalue weighted by Gasteiger charge is 2.47. The molecule has 1 unspecified atom stereocenters. The van der Waals surface area contributed by atoms with Crippen molar-refractivity contribution in [2.75, 3.05) is 0 Å². The van der Waals surface area contributed by atoms with E-state index in [0.29, 0.717) is 0 Å². The number of halogens is 4. The van der Waals surface area contributed by atoms with Crippen molar-refractivity contribution in [1.82, 2.24) is 0 Å². The maximum atomic E-state index is 14.4. The standard InChI is InChI=1S/C11H14BrF3OSi/c1-17(2,3)16-11(15,10(13)14)8-6-4-5-7-9(8)12/h4-7,10H,1-3H3. The second-order valence-corrected chi connectivity index (χ2v) is 9.92. The van der Waals surface area contributed by atoms with Gasteiger partial charge in [-0.3, -0.25) is 0 Å². The van der Waals surface area contributed by atoms with Crippen molar-refractivity contribution in [2.24, 2.45) is 0 Å². The minimum atomic E-state index is -3.23. The van der Waals surface area contributed by atoms with Crippen LogP contribution in [0.4, 0.5) is 13.2 Å². The molecule has 1 atom stereocenters. The highest BCUT2D eigenvalue weighted by molar-refractivity contribution is 9.10. The average molecular weight is 327 g/mol. The van der Waals surface area contributed by atoms with Crippen LogP contribution in [0, 0.1) is 0 Å². The fourth-order valence-corrected chi connectivity index (χ4v) is 3.05. The second kappa shape index (κ2) is 5.12. The van der Waals surface area contributed by atoms with E-state index in [0.717, 1.165) is 0 Å². The Morgan fingerprint density at radius 1 is 1.24 bits per heavy atom. The fraction of sp³-hybridized carbons (Fsp3) is 0.455. The van der Waals surface area contributed by atoms with Gasteiger partial charge in [-0.25, -0.2) is 13.2 Å². The molecular formula is C11H14BrF3OSi. The third kappa shape index (κ3) is 3.56. The lowest BCUT2D eigenvalue weighted by Gasteiger charge is -2.32. The Labute approximate surface area is 108 Å². The molecule has 0 heterocycles. The van der Waals surface area contributed by atoms with Crippen molar-refractivity contribution in [3.63, 3.8) is 0 Å². The lowest BCUT2D eigenvalue weighted by atomic mass is 10.1. The van der Waals surface area contributed by atoms with Crippen molar-refractivity contribution in [1.29, 1.82) is 0 Å². The van der Waals surface area contributed by atoms with E-state index in [1.807, 2.05) is 0 Å². The number of alkyl halides is 3. The minimum absolute atomic E-state index is 0.169. The molecule has 0 saturated carbocycles. The number of rotatable bonds is 4. The van der Waals surface area contributed by atoms with Gasteiger partial charge >= 0.3 is 0 Å². The quantitative estimate of drug-likeness (QED) is 0.729. The Morgan fingerprint density at radius 2 is 1.76 bits per heavy atom. The fourth-order valence-electron chi connectivity index (χ4n) is 1.40. The molecule has 0 aliphatic rings. The average Bonchev–Trinajstić information content (AvgIpc) is 2.15. The maximum Gasteiger partial charge on any atom is 0.299 e. The predicted octanol–water partition coefficient (Wildman–Crippen LogP) is 4.69. The van der Waals surface area contributed by atoms with E-state index in [2.05, 4.69) is 15.9 Å². The zero-order valence-corrected chi connectivity index (χ0v) is 12.4. The van der Waals surface area contributed by atoms with Gasteiger partial charge in [0, 0.05) is 10.0 Å². The van der Waals surface area contributed by atoms with E-state index in [9.17, 15) is 13.2 Å². The van der Waals surface area contributed by atoms with E-state index in [4.69, 9.17) is 4.43 Å². The zero-order valence-electron chi connectivity index (χ0n) is 9.81. The molecule has 0 aliphatic heterocycles. The van der Waals surface area contributed by atoms with Crippen LogP contribution in [0.2, 0.25) is 19.6 Å². The molecule has 0 amide bonds. The summed E-state index contributed by atoms with van der Waals surface area (Å²) < 4.78 is 45.7. The van der Waals surface area contributed by atoms with Crippen molar-refractivity contribution in [3.8, 4) is 0 Å².